The van der Waals surface area contributed by atoms with Gasteiger partial charge in [0.1, 0.15) is 6.61 Å². The summed E-state index contributed by atoms with van der Waals surface area (Å²) in [5.74, 6) is -1.10. The lowest BCUT2D eigenvalue weighted by molar-refractivity contribution is -0.157. The number of aldehydes is 1. The fourth-order valence-corrected chi connectivity index (χ4v) is 0.514. The highest BCUT2D eigenvalue weighted by atomic mass is 16.6. The van der Waals surface area contributed by atoms with Crippen LogP contribution in [0, 0.1) is 0 Å². The Balaban J connectivity index is 3.75. The van der Waals surface area contributed by atoms with E-state index in [9.17, 15) is 14.4 Å². The SMILES string of the molecule is CC(=O)OC[C@H](C=O)OC(C)=O. The van der Waals surface area contributed by atoms with Gasteiger partial charge in [-0.25, -0.2) is 0 Å². The molecule has 0 fully saturated rings. The Morgan fingerprint density at radius 3 is 2.25 bits per heavy atom. The van der Waals surface area contributed by atoms with Gasteiger partial charge in [-0.3, -0.25) is 14.4 Å². The number of ether oxygens (including phenoxy) is 2. The molecule has 68 valence electrons. The van der Waals surface area contributed by atoms with Crippen molar-refractivity contribution in [2.24, 2.45) is 0 Å². The van der Waals surface area contributed by atoms with E-state index in [4.69, 9.17) is 0 Å². The van der Waals surface area contributed by atoms with Crippen molar-refractivity contribution < 1.29 is 23.9 Å². The van der Waals surface area contributed by atoms with Crippen LogP contribution in [0.3, 0.4) is 0 Å². The number of rotatable bonds is 4. The molecular weight excluding hydrogens is 164 g/mol. The number of hydrogen-bond acceptors (Lipinski definition) is 5. The molecule has 0 saturated heterocycles. The van der Waals surface area contributed by atoms with Gasteiger partial charge in [-0.1, -0.05) is 0 Å². The smallest absolute Gasteiger partial charge is 0.303 e. The summed E-state index contributed by atoms with van der Waals surface area (Å²) in [7, 11) is 0. The molecule has 0 radical (unpaired) electrons. The van der Waals surface area contributed by atoms with Crippen LogP contribution in [-0.2, 0) is 23.9 Å². The second-order valence-electron chi connectivity index (χ2n) is 2.09. The first kappa shape index (κ1) is 10.6. The zero-order valence-electron chi connectivity index (χ0n) is 6.90. The van der Waals surface area contributed by atoms with Crippen LogP contribution < -0.4 is 0 Å². The van der Waals surface area contributed by atoms with E-state index in [2.05, 4.69) is 9.47 Å². The molecule has 0 aromatic heterocycles. The lowest BCUT2D eigenvalue weighted by Crippen LogP contribution is -2.24. The third-order valence-corrected chi connectivity index (χ3v) is 0.920. The standard InChI is InChI=1S/C7H10O5/c1-5(9)11-4-7(3-8)12-6(2)10/h3,7H,4H2,1-2H3/t7-/m0/s1. The molecule has 0 spiro atoms. The predicted molar refractivity (Wildman–Crippen MR) is 38.3 cm³/mol. The molecule has 1 atom stereocenters. The normalized spacial score (nSPS) is 11.5. The summed E-state index contributed by atoms with van der Waals surface area (Å²) in [5, 5.41) is 0. The molecule has 0 aliphatic carbocycles. The number of esters is 2. The lowest BCUT2D eigenvalue weighted by Gasteiger charge is -2.09. The van der Waals surface area contributed by atoms with Crippen molar-refractivity contribution in [3.63, 3.8) is 0 Å². The molecule has 0 N–H and O–H groups in total. The summed E-state index contributed by atoms with van der Waals surface area (Å²) in [4.78, 5) is 30.8. The van der Waals surface area contributed by atoms with Crippen molar-refractivity contribution >= 4 is 18.2 Å². The molecule has 12 heavy (non-hydrogen) atoms. The van der Waals surface area contributed by atoms with Crippen LogP contribution in [0.15, 0.2) is 0 Å². The highest BCUT2D eigenvalue weighted by Crippen LogP contribution is 1.90. The lowest BCUT2D eigenvalue weighted by atomic mass is 10.4. The van der Waals surface area contributed by atoms with Gasteiger partial charge >= 0.3 is 11.9 Å². The average Bonchev–Trinajstić information content (AvgIpc) is 1.97. The summed E-state index contributed by atoms with van der Waals surface area (Å²) in [6, 6.07) is 0. The van der Waals surface area contributed by atoms with E-state index in [-0.39, 0.29) is 6.61 Å². The van der Waals surface area contributed by atoms with E-state index in [0.717, 1.165) is 0 Å². The molecule has 0 aromatic carbocycles. The van der Waals surface area contributed by atoms with Crippen molar-refractivity contribution in [3.8, 4) is 0 Å². The van der Waals surface area contributed by atoms with Crippen LogP contribution >= 0.6 is 0 Å². The Hall–Kier alpha value is -1.39. The molecule has 5 heteroatoms. The zero-order valence-corrected chi connectivity index (χ0v) is 6.90. The summed E-state index contributed by atoms with van der Waals surface area (Å²) in [6.07, 6.45) is -0.587. The molecule has 0 rings (SSSR count). The average molecular weight is 174 g/mol. The van der Waals surface area contributed by atoms with Crippen LogP contribution in [0.2, 0.25) is 0 Å². The van der Waals surface area contributed by atoms with Crippen LogP contribution in [0.1, 0.15) is 13.8 Å². The Kier molecular flexibility index (Phi) is 4.67. The van der Waals surface area contributed by atoms with Crippen molar-refractivity contribution in [2.75, 3.05) is 6.61 Å². The van der Waals surface area contributed by atoms with Gasteiger partial charge in [0.2, 0.25) is 0 Å². The van der Waals surface area contributed by atoms with E-state index in [1.807, 2.05) is 0 Å². The summed E-state index contributed by atoms with van der Waals surface area (Å²) >= 11 is 0. The first-order valence-electron chi connectivity index (χ1n) is 3.32. The molecule has 0 unspecified atom stereocenters. The van der Waals surface area contributed by atoms with Gasteiger partial charge in [-0.2, -0.15) is 0 Å². The van der Waals surface area contributed by atoms with Crippen molar-refractivity contribution in [2.45, 2.75) is 20.0 Å². The number of carbonyl (C=O) groups excluding carboxylic acids is 3. The van der Waals surface area contributed by atoms with E-state index in [0.29, 0.717) is 6.29 Å². The Bertz CT molecular complexity index is 186. The summed E-state index contributed by atoms with van der Waals surface area (Å²) in [5.41, 5.74) is 0. The third-order valence-electron chi connectivity index (χ3n) is 0.920. The zero-order chi connectivity index (χ0) is 9.56. The summed E-state index contributed by atoms with van der Waals surface area (Å²) < 4.78 is 8.91. The van der Waals surface area contributed by atoms with Crippen molar-refractivity contribution in [1.29, 1.82) is 0 Å². The Labute approximate surface area is 69.6 Å². The number of carbonyl (C=O) groups is 3. The first-order valence-corrected chi connectivity index (χ1v) is 3.32. The minimum Gasteiger partial charge on any atom is -0.461 e. The van der Waals surface area contributed by atoms with Gasteiger partial charge < -0.3 is 9.47 Å². The van der Waals surface area contributed by atoms with Crippen LogP contribution in [-0.4, -0.2) is 30.9 Å². The highest BCUT2D eigenvalue weighted by Gasteiger charge is 2.11. The highest BCUT2D eigenvalue weighted by molar-refractivity contribution is 5.70. The van der Waals surface area contributed by atoms with Gasteiger partial charge in [0.15, 0.2) is 12.4 Å². The van der Waals surface area contributed by atoms with Gasteiger partial charge in [0.05, 0.1) is 0 Å². The van der Waals surface area contributed by atoms with Gasteiger partial charge in [0, 0.05) is 13.8 Å². The minimum absolute atomic E-state index is 0.224. The molecular formula is C7H10O5. The van der Waals surface area contributed by atoms with E-state index >= 15 is 0 Å². The molecule has 5 nitrogen and oxygen atoms in total. The van der Waals surface area contributed by atoms with E-state index in [1.54, 1.807) is 0 Å². The van der Waals surface area contributed by atoms with Crippen molar-refractivity contribution in [3.05, 3.63) is 0 Å². The maximum Gasteiger partial charge on any atom is 0.303 e. The predicted octanol–water partition coefficient (Wildman–Crippen LogP) is -0.320. The second kappa shape index (κ2) is 5.29. The fourth-order valence-electron chi connectivity index (χ4n) is 0.514. The molecule has 0 aromatic rings. The van der Waals surface area contributed by atoms with Gasteiger partial charge in [-0.05, 0) is 0 Å². The van der Waals surface area contributed by atoms with Crippen LogP contribution in [0.25, 0.3) is 0 Å². The monoisotopic (exact) mass is 174 g/mol. The minimum atomic E-state index is -0.994. The van der Waals surface area contributed by atoms with Crippen LogP contribution in [0.4, 0.5) is 0 Å². The first-order chi connectivity index (χ1) is 5.56. The molecule has 0 amide bonds. The maximum absolute atomic E-state index is 10.3. The fraction of sp³-hybridized carbons (Fsp3) is 0.571. The summed E-state index contributed by atoms with van der Waals surface area (Å²) in [6.45, 7) is 2.15. The molecule has 0 heterocycles. The number of hydrogen-bond donors (Lipinski definition) is 0. The molecule has 0 aliphatic rings. The van der Waals surface area contributed by atoms with Gasteiger partial charge in [0.25, 0.3) is 0 Å². The van der Waals surface area contributed by atoms with Crippen LogP contribution in [0.5, 0.6) is 0 Å². The van der Waals surface area contributed by atoms with Crippen molar-refractivity contribution in [1.82, 2.24) is 0 Å². The molecule has 0 saturated carbocycles. The topological polar surface area (TPSA) is 69.7 Å². The largest absolute Gasteiger partial charge is 0.461 e. The van der Waals surface area contributed by atoms with E-state index < -0.39 is 18.0 Å². The Morgan fingerprint density at radius 2 is 1.92 bits per heavy atom. The quantitative estimate of drug-likeness (QED) is 0.431. The second-order valence-corrected chi connectivity index (χ2v) is 2.09. The maximum atomic E-state index is 10.3. The Morgan fingerprint density at radius 1 is 1.33 bits per heavy atom. The van der Waals surface area contributed by atoms with Gasteiger partial charge in [-0.15, -0.1) is 0 Å². The molecule has 0 bridgehead atoms. The van der Waals surface area contributed by atoms with E-state index in [1.165, 1.54) is 13.8 Å². The third kappa shape index (κ3) is 5.40. The molecule has 0 aliphatic heterocycles.